The number of ether oxygens (including phenoxy) is 3. The summed E-state index contributed by atoms with van der Waals surface area (Å²) in [5.74, 6) is -2.83. The molecule has 10 heteroatoms. The van der Waals surface area contributed by atoms with Crippen LogP contribution in [0.15, 0.2) is 30.3 Å². The molecule has 184 valence electrons. The smallest absolute Gasteiger partial charge is 0.272 e. The molecule has 3 amide bonds. The lowest BCUT2D eigenvalue weighted by atomic mass is 9.82. The molecule has 1 fully saturated rings. The summed E-state index contributed by atoms with van der Waals surface area (Å²) in [6.45, 7) is 4.35. The second-order valence-corrected chi connectivity index (χ2v) is 8.45. The van der Waals surface area contributed by atoms with Crippen LogP contribution >= 0.6 is 0 Å². The van der Waals surface area contributed by atoms with Gasteiger partial charge in [-0.25, -0.2) is 5.48 Å². The van der Waals surface area contributed by atoms with Crippen LogP contribution in [0.4, 0.5) is 0 Å². The molecule has 0 aromatic heterocycles. The zero-order chi connectivity index (χ0) is 24.4. The fraction of sp³-hybridized carbons (Fsp3) is 0.609. The molecular formula is C23H35N3O7. The summed E-state index contributed by atoms with van der Waals surface area (Å²) >= 11 is 0. The van der Waals surface area contributed by atoms with Crippen LogP contribution in [0.2, 0.25) is 0 Å². The Kier molecular flexibility index (Phi) is 10.7. The molecule has 0 saturated carbocycles. The van der Waals surface area contributed by atoms with Crippen molar-refractivity contribution in [1.82, 2.24) is 16.1 Å². The van der Waals surface area contributed by atoms with Crippen molar-refractivity contribution in [2.24, 2.45) is 17.8 Å². The second kappa shape index (κ2) is 13.2. The molecule has 0 bridgehead atoms. The van der Waals surface area contributed by atoms with E-state index in [0.29, 0.717) is 12.8 Å². The number of likely N-dealkylation sites (N-methyl/N-ethyl adjacent to an activating group) is 1. The number of hydroxylamine groups is 1. The molecular weight excluding hydrogens is 430 g/mol. The maximum Gasteiger partial charge on any atom is 0.272 e. The first-order valence-corrected chi connectivity index (χ1v) is 11.1. The summed E-state index contributed by atoms with van der Waals surface area (Å²) in [6.07, 6.45) is -1.34. The lowest BCUT2D eigenvalue weighted by Gasteiger charge is -2.26. The Morgan fingerprint density at radius 3 is 2.39 bits per heavy atom. The van der Waals surface area contributed by atoms with E-state index in [9.17, 15) is 19.6 Å². The average molecular weight is 466 g/mol. The zero-order valence-corrected chi connectivity index (χ0v) is 19.6. The molecule has 0 unspecified atom stereocenters. The van der Waals surface area contributed by atoms with E-state index in [0.717, 1.165) is 5.56 Å². The van der Waals surface area contributed by atoms with Gasteiger partial charge in [-0.1, -0.05) is 44.2 Å². The van der Waals surface area contributed by atoms with Gasteiger partial charge < -0.3 is 24.8 Å². The Morgan fingerprint density at radius 2 is 1.82 bits per heavy atom. The van der Waals surface area contributed by atoms with Gasteiger partial charge in [0.15, 0.2) is 6.29 Å². The van der Waals surface area contributed by atoms with E-state index in [1.807, 2.05) is 44.2 Å². The molecule has 10 nitrogen and oxygen atoms in total. The van der Waals surface area contributed by atoms with Gasteiger partial charge in [0.25, 0.3) is 5.91 Å². The lowest BCUT2D eigenvalue weighted by molar-refractivity contribution is -0.174. The molecule has 4 N–H and O–H groups in total. The van der Waals surface area contributed by atoms with Crippen LogP contribution in [-0.2, 0) is 35.0 Å². The monoisotopic (exact) mass is 465 g/mol. The van der Waals surface area contributed by atoms with Crippen LogP contribution in [0.25, 0.3) is 0 Å². The number of carbonyl (C=O) groups is 3. The van der Waals surface area contributed by atoms with E-state index in [2.05, 4.69) is 10.6 Å². The van der Waals surface area contributed by atoms with Crippen molar-refractivity contribution < 1.29 is 33.8 Å². The van der Waals surface area contributed by atoms with Gasteiger partial charge in [-0.2, -0.15) is 0 Å². The largest absolute Gasteiger partial charge is 0.382 e. The lowest BCUT2D eigenvalue weighted by Crippen LogP contribution is -2.51. The third-order valence-electron chi connectivity index (χ3n) is 5.57. The maximum atomic E-state index is 13.5. The maximum absolute atomic E-state index is 13.5. The van der Waals surface area contributed by atoms with Crippen molar-refractivity contribution in [2.45, 2.75) is 45.1 Å². The van der Waals surface area contributed by atoms with Gasteiger partial charge in [0.1, 0.15) is 12.1 Å². The minimum Gasteiger partial charge on any atom is -0.382 e. The summed E-state index contributed by atoms with van der Waals surface area (Å²) in [4.78, 5) is 38.3. The standard InChI is InChI=1S/C23H35N3O7/c1-14(2)12-16-18(23(32-11-10-31-4)33-19(16)22(29)26-30)21(28)25-17(20(27)24-3)13-15-8-6-5-7-9-15/h5-9,14,16-19,23,30H,10-13H2,1-4H3,(H,24,27)(H,25,28)(H,26,29)/t16-,17+,18+,19-,23-/m0/s1. The molecule has 1 aliphatic heterocycles. The fourth-order valence-electron chi connectivity index (χ4n) is 4.06. The van der Waals surface area contributed by atoms with Crippen LogP contribution in [0, 0.1) is 17.8 Å². The van der Waals surface area contributed by atoms with Crippen molar-refractivity contribution in [3.8, 4) is 0 Å². The highest BCUT2D eigenvalue weighted by Gasteiger charge is 2.52. The van der Waals surface area contributed by atoms with Gasteiger partial charge >= 0.3 is 0 Å². The van der Waals surface area contributed by atoms with Gasteiger partial charge in [-0.15, -0.1) is 0 Å². The van der Waals surface area contributed by atoms with Crippen molar-refractivity contribution in [1.29, 1.82) is 0 Å². The molecule has 33 heavy (non-hydrogen) atoms. The van der Waals surface area contributed by atoms with E-state index >= 15 is 0 Å². The molecule has 1 aliphatic rings. The highest BCUT2D eigenvalue weighted by molar-refractivity contribution is 5.90. The number of nitrogens with one attached hydrogen (secondary N) is 3. The van der Waals surface area contributed by atoms with Crippen LogP contribution in [-0.4, -0.2) is 68.7 Å². The number of rotatable bonds is 12. The number of benzene rings is 1. The molecule has 1 aromatic carbocycles. The predicted molar refractivity (Wildman–Crippen MR) is 119 cm³/mol. The average Bonchev–Trinajstić information content (AvgIpc) is 3.15. The third kappa shape index (κ3) is 7.50. The van der Waals surface area contributed by atoms with Crippen LogP contribution in [0.1, 0.15) is 25.8 Å². The van der Waals surface area contributed by atoms with Gasteiger partial charge in [-0.3, -0.25) is 19.6 Å². The van der Waals surface area contributed by atoms with Gasteiger partial charge in [0.2, 0.25) is 11.8 Å². The summed E-state index contributed by atoms with van der Waals surface area (Å²) in [7, 11) is 3.02. The molecule has 1 heterocycles. The predicted octanol–water partition coefficient (Wildman–Crippen LogP) is 0.632. The van der Waals surface area contributed by atoms with Gasteiger partial charge in [-0.05, 0) is 17.9 Å². The Balaban J connectivity index is 2.29. The topological polar surface area (TPSA) is 135 Å². The first-order valence-electron chi connectivity index (χ1n) is 11.1. The summed E-state index contributed by atoms with van der Waals surface area (Å²) < 4.78 is 16.5. The van der Waals surface area contributed by atoms with Crippen LogP contribution in [0.5, 0.6) is 0 Å². The molecule has 5 atom stereocenters. The number of carbonyl (C=O) groups excluding carboxylic acids is 3. The molecule has 2 rings (SSSR count). The minimum absolute atomic E-state index is 0.139. The van der Waals surface area contributed by atoms with Crippen molar-refractivity contribution in [3.63, 3.8) is 0 Å². The van der Waals surface area contributed by atoms with Crippen molar-refractivity contribution in [2.75, 3.05) is 27.4 Å². The molecule has 0 radical (unpaired) electrons. The highest BCUT2D eigenvalue weighted by atomic mass is 16.7. The first-order chi connectivity index (χ1) is 15.8. The number of amides is 3. The quantitative estimate of drug-likeness (QED) is 0.202. The minimum atomic E-state index is -1.08. The summed E-state index contributed by atoms with van der Waals surface area (Å²) in [5, 5.41) is 14.6. The number of hydrogen-bond donors (Lipinski definition) is 4. The van der Waals surface area contributed by atoms with E-state index in [-0.39, 0.29) is 25.0 Å². The van der Waals surface area contributed by atoms with Crippen LogP contribution < -0.4 is 16.1 Å². The van der Waals surface area contributed by atoms with Crippen LogP contribution in [0.3, 0.4) is 0 Å². The Morgan fingerprint density at radius 1 is 1.12 bits per heavy atom. The Labute approximate surface area is 194 Å². The fourth-order valence-corrected chi connectivity index (χ4v) is 4.06. The van der Waals surface area contributed by atoms with Gasteiger partial charge in [0, 0.05) is 26.5 Å². The Hall–Kier alpha value is -2.53. The SMILES string of the molecule is CNC(=O)[C@@H](Cc1ccccc1)NC(=O)[C@@H]1[C@@H](OCCOC)O[C@H](C(=O)NO)[C@H]1CC(C)C. The van der Waals surface area contributed by atoms with Crippen molar-refractivity contribution >= 4 is 17.7 Å². The summed E-state index contributed by atoms with van der Waals surface area (Å²) in [6, 6.07) is 8.52. The summed E-state index contributed by atoms with van der Waals surface area (Å²) in [5.41, 5.74) is 2.51. The Bertz CT molecular complexity index is 775. The number of methoxy groups -OCH3 is 1. The third-order valence-corrected chi connectivity index (χ3v) is 5.57. The van der Waals surface area contributed by atoms with E-state index in [4.69, 9.17) is 14.2 Å². The van der Waals surface area contributed by atoms with Crippen molar-refractivity contribution in [3.05, 3.63) is 35.9 Å². The highest BCUT2D eigenvalue weighted by Crippen LogP contribution is 2.38. The zero-order valence-electron chi connectivity index (χ0n) is 19.6. The molecule has 0 spiro atoms. The number of hydrogen-bond acceptors (Lipinski definition) is 7. The first kappa shape index (κ1) is 26.7. The van der Waals surface area contributed by atoms with E-state index in [1.54, 1.807) is 5.48 Å². The molecule has 0 aliphatic carbocycles. The normalized spacial score (nSPS) is 23.2. The van der Waals surface area contributed by atoms with E-state index < -0.39 is 42.1 Å². The molecule has 1 aromatic rings. The van der Waals surface area contributed by atoms with Gasteiger partial charge in [0.05, 0.1) is 19.1 Å². The van der Waals surface area contributed by atoms with E-state index in [1.165, 1.54) is 14.2 Å². The molecule has 1 saturated heterocycles. The second-order valence-electron chi connectivity index (χ2n) is 8.45.